The van der Waals surface area contributed by atoms with E-state index < -0.39 is 45.7 Å². The number of rotatable bonds is 11. The molecular weight excluding hydrogens is 584 g/mol. The third kappa shape index (κ3) is 6.17. The van der Waals surface area contributed by atoms with E-state index in [9.17, 15) is 29.9 Å². The zero-order valence-electron chi connectivity index (χ0n) is 26.6. The topological polar surface area (TPSA) is 145 Å². The Labute approximate surface area is 270 Å². The van der Waals surface area contributed by atoms with Gasteiger partial charge in [-0.25, -0.2) is 0 Å². The van der Waals surface area contributed by atoms with Crippen molar-refractivity contribution in [1.82, 2.24) is 15.5 Å². The maximum atomic E-state index is 13.5. The smallest absolute Gasteiger partial charge is 0.311 e. The number of piperazine rings is 1. The predicted molar refractivity (Wildman–Crippen MR) is 176 cm³/mol. The summed E-state index contributed by atoms with van der Waals surface area (Å²) in [5, 5.41) is 40.3. The summed E-state index contributed by atoms with van der Waals surface area (Å²) >= 11 is 0. The summed E-state index contributed by atoms with van der Waals surface area (Å²) in [5.41, 5.74) is -0.458. The number of aliphatic carboxylic acids is 2. The minimum atomic E-state index is -1.54. The van der Waals surface area contributed by atoms with Crippen molar-refractivity contribution in [3.8, 4) is 0 Å². The maximum Gasteiger partial charge on any atom is 0.311 e. The lowest BCUT2D eigenvalue weighted by molar-refractivity contribution is -0.385. The molecule has 2 fully saturated rings. The quantitative estimate of drug-likeness (QED) is 0.168. The SMILES string of the molecule is CC1NC(C)C(CCCN2CCNC(C(c3ccccc3)c3ccccc3)C2)(C(=O)O)C(c2cccc([N+](=O)[O-])c2)C1(C)C(=O)O. The van der Waals surface area contributed by atoms with Crippen LogP contribution < -0.4 is 10.6 Å². The summed E-state index contributed by atoms with van der Waals surface area (Å²) in [6.07, 6.45) is 0.719. The van der Waals surface area contributed by atoms with Crippen molar-refractivity contribution in [2.75, 3.05) is 26.2 Å². The fraction of sp³-hybridized carbons (Fsp3) is 0.444. The Bertz CT molecular complexity index is 1500. The van der Waals surface area contributed by atoms with E-state index in [0.717, 1.165) is 19.6 Å². The van der Waals surface area contributed by atoms with Gasteiger partial charge in [-0.3, -0.25) is 19.7 Å². The van der Waals surface area contributed by atoms with E-state index in [2.05, 4.69) is 64.1 Å². The van der Waals surface area contributed by atoms with Gasteiger partial charge in [-0.1, -0.05) is 72.8 Å². The van der Waals surface area contributed by atoms with Crippen molar-refractivity contribution in [3.05, 3.63) is 112 Å². The van der Waals surface area contributed by atoms with E-state index in [0.29, 0.717) is 18.5 Å². The van der Waals surface area contributed by atoms with Gasteiger partial charge in [0, 0.05) is 61.7 Å². The lowest BCUT2D eigenvalue weighted by atomic mass is 9.51. The molecule has 2 saturated heterocycles. The van der Waals surface area contributed by atoms with Gasteiger partial charge in [0.15, 0.2) is 0 Å². The minimum Gasteiger partial charge on any atom is -0.481 e. The Kier molecular flexibility index (Phi) is 9.91. The van der Waals surface area contributed by atoms with Crippen LogP contribution >= 0.6 is 0 Å². The normalized spacial score (nSPS) is 28.5. The summed E-state index contributed by atoms with van der Waals surface area (Å²) in [6, 6.07) is 25.7. The maximum absolute atomic E-state index is 13.5. The van der Waals surface area contributed by atoms with E-state index in [1.54, 1.807) is 26.8 Å². The Morgan fingerprint density at radius 1 is 0.957 bits per heavy atom. The van der Waals surface area contributed by atoms with Crippen LogP contribution in [-0.4, -0.2) is 76.3 Å². The van der Waals surface area contributed by atoms with Gasteiger partial charge in [-0.05, 0) is 56.8 Å². The molecule has 10 heteroatoms. The average Bonchev–Trinajstić information content (AvgIpc) is 3.04. The van der Waals surface area contributed by atoms with Gasteiger partial charge in [-0.2, -0.15) is 0 Å². The Balaban J connectivity index is 1.43. The van der Waals surface area contributed by atoms with E-state index in [-0.39, 0.29) is 24.1 Å². The second kappa shape index (κ2) is 13.7. The van der Waals surface area contributed by atoms with Crippen molar-refractivity contribution < 1.29 is 24.7 Å². The molecule has 2 aliphatic heterocycles. The zero-order valence-corrected chi connectivity index (χ0v) is 26.6. The third-order valence-electron chi connectivity index (χ3n) is 10.6. The second-order valence-electron chi connectivity index (χ2n) is 13.1. The molecule has 0 bridgehead atoms. The highest BCUT2D eigenvalue weighted by molar-refractivity contribution is 5.84. The van der Waals surface area contributed by atoms with Gasteiger partial charge >= 0.3 is 11.9 Å². The molecule has 0 amide bonds. The summed E-state index contributed by atoms with van der Waals surface area (Å²) < 4.78 is 0. The standard InChI is InChI=1S/C36H44N4O6/c1-24-35(3,33(41)42)32(28-16-10-17-29(22-28)40(45)46)36(34(43)44,25(2)38-24)18-11-20-39-21-19-37-30(23-39)31(26-12-6-4-7-13-26)27-14-8-5-9-15-27/h4-10,12-17,22,24-25,30-32,37-38H,11,18-21,23H2,1-3H3,(H,41,42)(H,43,44). The number of nitro groups is 1. The van der Waals surface area contributed by atoms with Gasteiger partial charge in [0.25, 0.3) is 5.69 Å². The number of carboxylic acid groups (broad SMARTS) is 2. The molecule has 0 radical (unpaired) electrons. The summed E-state index contributed by atoms with van der Waals surface area (Å²) in [6.45, 7) is 8.09. The van der Waals surface area contributed by atoms with Crippen LogP contribution in [0.4, 0.5) is 5.69 Å². The summed E-state index contributed by atoms with van der Waals surface area (Å²) in [7, 11) is 0. The molecule has 0 spiro atoms. The fourth-order valence-corrected chi connectivity index (χ4v) is 8.12. The first-order chi connectivity index (χ1) is 22.0. The van der Waals surface area contributed by atoms with Crippen LogP contribution in [-0.2, 0) is 9.59 Å². The van der Waals surface area contributed by atoms with Gasteiger partial charge < -0.3 is 25.7 Å². The molecule has 0 saturated carbocycles. The zero-order chi connectivity index (χ0) is 33.1. The van der Waals surface area contributed by atoms with E-state index in [1.165, 1.54) is 29.3 Å². The molecule has 244 valence electrons. The molecule has 3 aromatic rings. The third-order valence-corrected chi connectivity index (χ3v) is 10.6. The van der Waals surface area contributed by atoms with E-state index >= 15 is 0 Å². The molecule has 5 rings (SSSR count). The largest absolute Gasteiger partial charge is 0.481 e. The Morgan fingerprint density at radius 2 is 1.59 bits per heavy atom. The lowest BCUT2D eigenvalue weighted by Crippen LogP contribution is -2.68. The molecule has 2 heterocycles. The Morgan fingerprint density at radius 3 is 2.15 bits per heavy atom. The number of non-ortho nitro benzene ring substituents is 1. The number of nitro benzene ring substituents is 1. The highest BCUT2D eigenvalue weighted by Crippen LogP contribution is 2.57. The number of piperidine rings is 1. The molecule has 6 unspecified atom stereocenters. The summed E-state index contributed by atoms with van der Waals surface area (Å²) in [5.74, 6) is -3.12. The number of benzene rings is 3. The predicted octanol–water partition coefficient (Wildman–Crippen LogP) is 5.11. The first-order valence-electron chi connectivity index (χ1n) is 16.0. The van der Waals surface area contributed by atoms with Gasteiger partial charge in [-0.15, -0.1) is 0 Å². The number of nitrogens with zero attached hydrogens (tertiary/aromatic N) is 2. The molecule has 46 heavy (non-hydrogen) atoms. The first kappa shape index (κ1) is 33.2. The second-order valence-corrected chi connectivity index (χ2v) is 13.1. The Hall–Kier alpha value is -4.12. The van der Waals surface area contributed by atoms with E-state index in [4.69, 9.17) is 0 Å². The average molecular weight is 629 g/mol. The van der Waals surface area contributed by atoms with Crippen molar-refractivity contribution in [2.24, 2.45) is 10.8 Å². The highest BCUT2D eigenvalue weighted by atomic mass is 16.6. The molecule has 6 atom stereocenters. The molecule has 10 nitrogen and oxygen atoms in total. The number of carboxylic acids is 2. The summed E-state index contributed by atoms with van der Waals surface area (Å²) in [4.78, 5) is 40.0. The first-order valence-corrected chi connectivity index (χ1v) is 16.0. The number of carbonyl (C=O) groups is 2. The number of hydrogen-bond acceptors (Lipinski definition) is 7. The minimum absolute atomic E-state index is 0.133. The van der Waals surface area contributed by atoms with Crippen LogP contribution in [0.5, 0.6) is 0 Å². The number of nitrogens with one attached hydrogen (secondary N) is 2. The fourth-order valence-electron chi connectivity index (χ4n) is 8.12. The van der Waals surface area contributed by atoms with Gasteiger partial charge in [0.05, 0.1) is 15.8 Å². The monoisotopic (exact) mass is 628 g/mol. The van der Waals surface area contributed by atoms with Crippen molar-refractivity contribution >= 4 is 17.6 Å². The van der Waals surface area contributed by atoms with Gasteiger partial charge in [0.2, 0.25) is 0 Å². The number of hydrogen-bond donors (Lipinski definition) is 4. The van der Waals surface area contributed by atoms with Crippen molar-refractivity contribution in [1.29, 1.82) is 0 Å². The van der Waals surface area contributed by atoms with Crippen LogP contribution in [0.2, 0.25) is 0 Å². The van der Waals surface area contributed by atoms with E-state index in [1.807, 2.05) is 12.1 Å². The molecule has 4 N–H and O–H groups in total. The highest BCUT2D eigenvalue weighted by Gasteiger charge is 2.64. The molecule has 0 aliphatic carbocycles. The van der Waals surface area contributed by atoms with Crippen LogP contribution in [0.25, 0.3) is 0 Å². The van der Waals surface area contributed by atoms with Crippen LogP contribution in [0.15, 0.2) is 84.9 Å². The molecular formula is C36H44N4O6. The van der Waals surface area contributed by atoms with Crippen LogP contribution in [0.1, 0.15) is 62.1 Å². The molecule has 0 aromatic heterocycles. The van der Waals surface area contributed by atoms with Crippen molar-refractivity contribution in [3.63, 3.8) is 0 Å². The van der Waals surface area contributed by atoms with Crippen LogP contribution in [0.3, 0.4) is 0 Å². The molecule has 2 aliphatic rings. The molecule has 3 aromatic carbocycles. The lowest BCUT2D eigenvalue weighted by Gasteiger charge is -2.56. The van der Waals surface area contributed by atoms with Gasteiger partial charge in [0.1, 0.15) is 0 Å². The van der Waals surface area contributed by atoms with Crippen molar-refractivity contribution in [2.45, 2.75) is 63.6 Å². The van der Waals surface area contributed by atoms with Crippen LogP contribution in [0, 0.1) is 20.9 Å².